The molecule has 3 aliphatic carbocycles. The summed E-state index contributed by atoms with van der Waals surface area (Å²) in [5, 5.41) is 2.95. The number of carbonyl (C=O) groups is 2. The predicted molar refractivity (Wildman–Crippen MR) is 110 cm³/mol. The van der Waals surface area contributed by atoms with Gasteiger partial charge >= 0.3 is 0 Å². The van der Waals surface area contributed by atoms with E-state index >= 15 is 0 Å². The van der Waals surface area contributed by atoms with Crippen LogP contribution >= 0.6 is 22.6 Å². The van der Waals surface area contributed by atoms with E-state index in [-0.39, 0.29) is 16.7 Å². The fourth-order valence-electron chi connectivity index (χ4n) is 6.06. The van der Waals surface area contributed by atoms with Crippen molar-refractivity contribution in [2.24, 2.45) is 22.7 Å². The quantitative estimate of drug-likeness (QED) is 0.286. The Hall–Kier alpha value is -0.390. The minimum absolute atomic E-state index is 0.0802. The lowest BCUT2D eigenvalue weighted by atomic mass is 9.46. The van der Waals surface area contributed by atoms with E-state index in [9.17, 15) is 9.59 Å². The van der Waals surface area contributed by atoms with Crippen molar-refractivity contribution in [1.29, 1.82) is 0 Å². The largest absolute Gasteiger partial charge is 0.346 e. The molecule has 0 radical (unpaired) electrons. The van der Waals surface area contributed by atoms with Crippen molar-refractivity contribution in [2.45, 2.75) is 82.1 Å². The highest BCUT2D eigenvalue weighted by Crippen LogP contribution is 2.63. The van der Waals surface area contributed by atoms with Gasteiger partial charge in [0, 0.05) is 3.42 Å². The zero-order chi connectivity index (χ0) is 18.5. The standard InChI is InChI=1S/C21H32INO2/c1-14(13-24)23-18(25)21(4)10-5-9-20(3)16-8-11-19(2,22)12-15(16)6-7-17(20)21/h8,13-15,17H,5-7,9-12H2,1-4H3,(H,23,25)/t14-,15?,17?,19-,20-,21+/m0/s1. The highest BCUT2D eigenvalue weighted by atomic mass is 127. The molecule has 2 unspecified atom stereocenters. The van der Waals surface area contributed by atoms with E-state index in [0.29, 0.717) is 15.3 Å². The molecule has 0 aliphatic heterocycles. The molecule has 0 aromatic heterocycles. The van der Waals surface area contributed by atoms with Gasteiger partial charge in [0.2, 0.25) is 5.91 Å². The molecule has 0 aromatic rings. The molecular weight excluding hydrogens is 425 g/mol. The first-order chi connectivity index (χ1) is 11.6. The summed E-state index contributed by atoms with van der Waals surface area (Å²) in [5.41, 5.74) is 1.42. The number of hydrogen-bond donors (Lipinski definition) is 1. The third-order valence-electron chi connectivity index (χ3n) is 7.33. The number of aldehydes is 1. The zero-order valence-corrected chi connectivity index (χ0v) is 18.2. The van der Waals surface area contributed by atoms with Crippen molar-refractivity contribution < 1.29 is 9.59 Å². The second-order valence-corrected chi connectivity index (χ2v) is 12.0. The number of carbonyl (C=O) groups excluding carboxylic acids is 2. The summed E-state index contributed by atoms with van der Waals surface area (Å²) in [6.07, 6.45) is 11.3. The second kappa shape index (κ2) is 6.65. The summed E-state index contributed by atoms with van der Waals surface area (Å²) in [5.74, 6) is 1.15. The lowest BCUT2D eigenvalue weighted by molar-refractivity contribution is -0.143. The molecule has 2 fully saturated rings. The van der Waals surface area contributed by atoms with Crippen molar-refractivity contribution in [3.63, 3.8) is 0 Å². The molecule has 3 rings (SSSR count). The van der Waals surface area contributed by atoms with E-state index in [0.717, 1.165) is 32.0 Å². The Kier molecular flexibility index (Phi) is 5.15. The SMILES string of the molecule is C[C@@H](C=O)NC(=O)[C@]1(C)CCC[C@@]2(C)C3=CC[C@](C)(I)CC3CCC12. The molecule has 4 heteroatoms. The lowest BCUT2D eigenvalue weighted by Gasteiger charge is -2.58. The molecule has 0 aromatic carbocycles. The molecule has 140 valence electrons. The van der Waals surface area contributed by atoms with Crippen LogP contribution in [0.3, 0.4) is 0 Å². The summed E-state index contributed by atoms with van der Waals surface area (Å²) >= 11 is 2.63. The molecule has 25 heavy (non-hydrogen) atoms. The molecule has 0 spiro atoms. The van der Waals surface area contributed by atoms with E-state index in [2.05, 4.69) is 54.8 Å². The van der Waals surface area contributed by atoms with E-state index in [1.807, 2.05) is 0 Å². The minimum Gasteiger partial charge on any atom is -0.346 e. The zero-order valence-electron chi connectivity index (χ0n) is 16.0. The summed E-state index contributed by atoms with van der Waals surface area (Å²) < 4.78 is 0.379. The number of nitrogens with one attached hydrogen (secondary N) is 1. The summed E-state index contributed by atoms with van der Waals surface area (Å²) in [7, 11) is 0. The highest BCUT2D eigenvalue weighted by Gasteiger charge is 2.57. The molecule has 3 nitrogen and oxygen atoms in total. The van der Waals surface area contributed by atoms with Gasteiger partial charge in [-0.2, -0.15) is 0 Å². The van der Waals surface area contributed by atoms with Gasteiger partial charge in [0.1, 0.15) is 6.29 Å². The maximum Gasteiger partial charge on any atom is 0.226 e. The van der Waals surface area contributed by atoms with Gasteiger partial charge in [-0.25, -0.2) is 0 Å². The lowest BCUT2D eigenvalue weighted by Crippen LogP contribution is -2.56. The van der Waals surface area contributed by atoms with Crippen molar-refractivity contribution >= 4 is 34.8 Å². The van der Waals surface area contributed by atoms with Crippen LogP contribution in [0, 0.1) is 22.7 Å². The van der Waals surface area contributed by atoms with Crippen LogP contribution < -0.4 is 5.32 Å². The van der Waals surface area contributed by atoms with Gasteiger partial charge in [0.15, 0.2) is 0 Å². The number of hydrogen-bond acceptors (Lipinski definition) is 2. The average molecular weight is 457 g/mol. The van der Waals surface area contributed by atoms with Crippen molar-refractivity contribution in [1.82, 2.24) is 5.32 Å². The average Bonchev–Trinajstić information content (AvgIpc) is 2.53. The van der Waals surface area contributed by atoms with Crippen LogP contribution in [0.15, 0.2) is 11.6 Å². The molecule has 6 atom stereocenters. The Morgan fingerprint density at radius 2 is 2.04 bits per heavy atom. The minimum atomic E-state index is -0.400. The first kappa shape index (κ1) is 19.4. The molecule has 1 N–H and O–H groups in total. The van der Waals surface area contributed by atoms with Crippen LogP contribution in [0.25, 0.3) is 0 Å². The van der Waals surface area contributed by atoms with Gasteiger partial charge in [0.25, 0.3) is 0 Å². The molecule has 0 heterocycles. The number of alkyl halides is 1. The van der Waals surface area contributed by atoms with Gasteiger partial charge in [0.05, 0.1) is 11.5 Å². The summed E-state index contributed by atoms with van der Waals surface area (Å²) in [6.45, 7) is 8.69. The Labute approximate surface area is 165 Å². The van der Waals surface area contributed by atoms with Crippen molar-refractivity contribution in [3.05, 3.63) is 11.6 Å². The van der Waals surface area contributed by atoms with Crippen LogP contribution in [0.4, 0.5) is 0 Å². The van der Waals surface area contributed by atoms with Crippen LogP contribution in [-0.2, 0) is 9.59 Å². The maximum atomic E-state index is 13.1. The van der Waals surface area contributed by atoms with Crippen molar-refractivity contribution in [3.8, 4) is 0 Å². The predicted octanol–water partition coefficient (Wildman–Crippen LogP) is 4.83. The Morgan fingerprint density at radius 3 is 2.72 bits per heavy atom. The van der Waals surface area contributed by atoms with Gasteiger partial charge in [-0.15, -0.1) is 0 Å². The number of halogens is 1. The molecule has 2 saturated carbocycles. The fraction of sp³-hybridized carbons (Fsp3) is 0.810. The summed E-state index contributed by atoms with van der Waals surface area (Å²) in [6, 6.07) is -0.400. The number of amides is 1. The maximum absolute atomic E-state index is 13.1. The third kappa shape index (κ3) is 3.32. The van der Waals surface area contributed by atoms with Crippen molar-refractivity contribution in [2.75, 3.05) is 0 Å². The Morgan fingerprint density at radius 1 is 1.32 bits per heavy atom. The molecular formula is C21H32INO2. The van der Waals surface area contributed by atoms with Crippen LogP contribution in [0.1, 0.15) is 72.6 Å². The molecule has 1 amide bonds. The van der Waals surface area contributed by atoms with E-state index in [1.165, 1.54) is 19.3 Å². The monoisotopic (exact) mass is 457 g/mol. The van der Waals surface area contributed by atoms with Crippen LogP contribution in [0.2, 0.25) is 0 Å². The number of allylic oxidation sites excluding steroid dienone is 2. The van der Waals surface area contributed by atoms with E-state index < -0.39 is 6.04 Å². The molecule has 0 bridgehead atoms. The molecule has 3 aliphatic rings. The third-order valence-corrected chi connectivity index (χ3v) is 8.22. The van der Waals surface area contributed by atoms with E-state index in [1.54, 1.807) is 12.5 Å². The first-order valence-electron chi connectivity index (χ1n) is 9.78. The highest BCUT2D eigenvalue weighted by molar-refractivity contribution is 14.1. The van der Waals surface area contributed by atoms with Gasteiger partial charge in [-0.1, -0.05) is 61.4 Å². The fourth-order valence-corrected chi connectivity index (χ4v) is 6.81. The normalized spacial score (nSPS) is 44.8. The van der Waals surface area contributed by atoms with Crippen LogP contribution in [-0.4, -0.2) is 21.7 Å². The van der Waals surface area contributed by atoms with Gasteiger partial charge < -0.3 is 10.1 Å². The topological polar surface area (TPSA) is 46.2 Å². The van der Waals surface area contributed by atoms with Gasteiger partial charge in [-0.3, -0.25) is 4.79 Å². The van der Waals surface area contributed by atoms with Crippen LogP contribution in [0.5, 0.6) is 0 Å². The van der Waals surface area contributed by atoms with Gasteiger partial charge in [-0.05, 0) is 62.7 Å². The number of rotatable bonds is 3. The molecule has 0 saturated heterocycles. The number of fused-ring (bicyclic) bond motifs is 3. The second-order valence-electron chi connectivity index (χ2n) is 9.39. The van der Waals surface area contributed by atoms with E-state index in [4.69, 9.17) is 0 Å². The summed E-state index contributed by atoms with van der Waals surface area (Å²) in [4.78, 5) is 24.1. The smallest absolute Gasteiger partial charge is 0.226 e. The Bertz CT molecular complexity index is 599. The Balaban J connectivity index is 1.91. The first-order valence-corrected chi connectivity index (χ1v) is 10.9.